The van der Waals surface area contributed by atoms with Crippen molar-refractivity contribution in [1.29, 1.82) is 0 Å². The molecule has 0 saturated heterocycles. The third-order valence-electron chi connectivity index (χ3n) is 4.56. The Bertz CT molecular complexity index is 1130. The summed E-state index contributed by atoms with van der Waals surface area (Å²) < 4.78 is 31.7. The van der Waals surface area contributed by atoms with E-state index in [0.717, 1.165) is 31.0 Å². The van der Waals surface area contributed by atoms with E-state index in [0.29, 0.717) is 5.69 Å². The molecule has 9 nitrogen and oxygen atoms in total. The second-order valence-corrected chi connectivity index (χ2v) is 7.30. The fraction of sp³-hybridized carbons (Fsp3) is 0.250. The van der Waals surface area contributed by atoms with Crippen LogP contribution in [-0.4, -0.2) is 38.7 Å². The molecule has 0 unspecified atom stereocenters. The normalized spacial score (nSPS) is 13.9. The Morgan fingerprint density at radius 2 is 1.77 bits per heavy atom. The van der Waals surface area contributed by atoms with Gasteiger partial charge >= 0.3 is 6.09 Å². The number of carbonyl (C=O) groups is 1. The van der Waals surface area contributed by atoms with Crippen molar-refractivity contribution < 1.29 is 22.6 Å². The Morgan fingerprint density at radius 3 is 2.45 bits per heavy atom. The minimum Gasteiger partial charge on any atom is -0.453 e. The number of ether oxygens (including phenoxy) is 1. The number of nitrogens with one attached hydrogen (secondary N) is 3. The van der Waals surface area contributed by atoms with Crippen molar-refractivity contribution in [3.8, 4) is 11.5 Å². The zero-order chi connectivity index (χ0) is 22.0. The van der Waals surface area contributed by atoms with Gasteiger partial charge in [-0.15, -0.1) is 0 Å². The number of aromatic nitrogens is 4. The topological polar surface area (TPSA) is 114 Å². The molecular formula is C20H25F2N7O2. The molecule has 31 heavy (non-hydrogen) atoms. The highest BCUT2D eigenvalue weighted by Gasteiger charge is 2.38. The maximum Gasteiger partial charge on any atom is 0.412 e. The van der Waals surface area contributed by atoms with Crippen LogP contribution in [-0.2, 0) is 4.74 Å². The quantitative estimate of drug-likeness (QED) is 0.506. The Balaban J connectivity index is 0.00000193. The van der Waals surface area contributed by atoms with Crippen molar-refractivity contribution in [2.45, 2.75) is 25.3 Å². The van der Waals surface area contributed by atoms with E-state index in [9.17, 15) is 13.6 Å². The van der Waals surface area contributed by atoms with Gasteiger partial charge in [0.2, 0.25) is 11.9 Å². The lowest BCUT2D eigenvalue weighted by atomic mass is 10.3. The van der Waals surface area contributed by atoms with Crippen LogP contribution in [0.2, 0.25) is 0 Å². The molecular weight excluding hydrogens is 408 g/mol. The predicted molar refractivity (Wildman–Crippen MR) is 116 cm³/mol. The maximum absolute atomic E-state index is 13.6. The van der Waals surface area contributed by atoms with Crippen LogP contribution in [0, 0.1) is 11.6 Å². The number of benzene rings is 1. The molecule has 1 amide bonds. The summed E-state index contributed by atoms with van der Waals surface area (Å²) in [5.41, 5.74) is 0.379. The zero-order valence-corrected chi connectivity index (χ0v) is 16.7. The molecule has 1 aromatic carbocycles. The first-order chi connectivity index (χ1) is 14.8. The number of hydrogen-bond acceptors (Lipinski definition) is 8. The molecule has 4 rings (SSSR count). The SMILES string of the molecule is COC(=O)Nc1cccc(-c2nc(Nc3cc(F)cc(F)c3)nc(NC3(C)CC3)n2)n1.[HH].[HH].[HH]. The molecule has 2 heterocycles. The molecule has 0 bridgehead atoms. The van der Waals surface area contributed by atoms with E-state index in [1.54, 1.807) is 18.2 Å². The summed E-state index contributed by atoms with van der Waals surface area (Å²) in [4.78, 5) is 28.8. The number of carbonyl (C=O) groups excluding carboxylic acids is 1. The number of rotatable bonds is 6. The third-order valence-corrected chi connectivity index (χ3v) is 4.56. The van der Waals surface area contributed by atoms with Gasteiger partial charge in [-0.2, -0.15) is 15.0 Å². The maximum atomic E-state index is 13.6. The number of halogens is 2. The smallest absolute Gasteiger partial charge is 0.412 e. The van der Waals surface area contributed by atoms with Gasteiger partial charge in [0.25, 0.3) is 0 Å². The van der Waals surface area contributed by atoms with Gasteiger partial charge < -0.3 is 15.4 Å². The Morgan fingerprint density at radius 1 is 1.06 bits per heavy atom. The van der Waals surface area contributed by atoms with Crippen LogP contribution in [0.15, 0.2) is 36.4 Å². The number of pyridine rings is 1. The lowest BCUT2D eigenvalue weighted by Crippen LogP contribution is -2.19. The van der Waals surface area contributed by atoms with Crippen molar-refractivity contribution >= 4 is 29.5 Å². The van der Waals surface area contributed by atoms with Crippen molar-refractivity contribution in [2.24, 2.45) is 0 Å². The molecule has 0 aliphatic heterocycles. The molecule has 3 N–H and O–H groups in total. The van der Waals surface area contributed by atoms with E-state index in [4.69, 9.17) is 0 Å². The van der Waals surface area contributed by atoms with E-state index in [2.05, 4.69) is 40.6 Å². The number of hydrogen-bond donors (Lipinski definition) is 3. The van der Waals surface area contributed by atoms with Crippen LogP contribution in [0.1, 0.15) is 24.0 Å². The second kappa shape index (κ2) is 8.09. The molecule has 0 spiro atoms. The minimum absolute atomic E-state index is 0. The Labute approximate surface area is 180 Å². The van der Waals surface area contributed by atoms with E-state index in [1.807, 2.05) is 6.92 Å². The number of amides is 1. The largest absolute Gasteiger partial charge is 0.453 e. The van der Waals surface area contributed by atoms with Crippen molar-refractivity contribution in [3.05, 3.63) is 48.0 Å². The fourth-order valence-electron chi connectivity index (χ4n) is 2.72. The van der Waals surface area contributed by atoms with Gasteiger partial charge in [0, 0.05) is 21.6 Å². The van der Waals surface area contributed by atoms with Crippen LogP contribution < -0.4 is 16.0 Å². The highest BCUT2D eigenvalue weighted by atomic mass is 19.1. The van der Waals surface area contributed by atoms with Gasteiger partial charge in [0.05, 0.1) is 7.11 Å². The molecule has 1 saturated carbocycles. The molecule has 166 valence electrons. The molecule has 1 aliphatic carbocycles. The second-order valence-electron chi connectivity index (χ2n) is 7.30. The van der Waals surface area contributed by atoms with Gasteiger partial charge in [-0.3, -0.25) is 5.32 Å². The van der Waals surface area contributed by atoms with E-state index < -0.39 is 17.7 Å². The van der Waals surface area contributed by atoms with Gasteiger partial charge in [0.15, 0.2) is 5.82 Å². The summed E-state index contributed by atoms with van der Waals surface area (Å²) in [6.45, 7) is 2.03. The molecule has 11 heteroatoms. The average Bonchev–Trinajstić information content (AvgIpc) is 3.43. The molecule has 3 aromatic rings. The third kappa shape index (κ3) is 5.18. The monoisotopic (exact) mass is 433 g/mol. The van der Waals surface area contributed by atoms with Gasteiger partial charge in [-0.05, 0) is 44.0 Å². The summed E-state index contributed by atoms with van der Waals surface area (Å²) in [5.74, 6) is -0.648. The average molecular weight is 433 g/mol. The predicted octanol–water partition coefficient (Wildman–Crippen LogP) is 4.84. The van der Waals surface area contributed by atoms with Gasteiger partial charge in [0.1, 0.15) is 23.1 Å². The molecule has 1 fully saturated rings. The van der Waals surface area contributed by atoms with Crippen LogP contribution in [0.3, 0.4) is 0 Å². The van der Waals surface area contributed by atoms with Crippen LogP contribution in [0.25, 0.3) is 11.5 Å². The molecule has 2 aromatic heterocycles. The van der Waals surface area contributed by atoms with E-state index >= 15 is 0 Å². The lowest BCUT2D eigenvalue weighted by Gasteiger charge is -2.14. The highest BCUT2D eigenvalue weighted by molar-refractivity contribution is 5.83. The first-order valence-electron chi connectivity index (χ1n) is 9.42. The lowest BCUT2D eigenvalue weighted by molar-refractivity contribution is 0.187. The van der Waals surface area contributed by atoms with E-state index in [1.165, 1.54) is 7.11 Å². The molecule has 0 atom stereocenters. The van der Waals surface area contributed by atoms with Crippen LogP contribution in [0.5, 0.6) is 0 Å². The first-order valence-corrected chi connectivity index (χ1v) is 9.42. The molecule has 1 aliphatic rings. The van der Waals surface area contributed by atoms with Gasteiger partial charge in [-0.25, -0.2) is 18.6 Å². The van der Waals surface area contributed by atoms with Crippen LogP contribution >= 0.6 is 0 Å². The number of methoxy groups -OCH3 is 1. The summed E-state index contributed by atoms with van der Waals surface area (Å²) in [6, 6.07) is 7.94. The van der Waals surface area contributed by atoms with Crippen molar-refractivity contribution in [2.75, 3.05) is 23.1 Å². The number of anilines is 4. The van der Waals surface area contributed by atoms with E-state index in [-0.39, 0.29) is 39.0 Å². The number of nitrogens with zero attached hydrogens (tertiary/aromatic N) is 4. The highest BCUT2D eigenvalue weighted by Crippen LogP contribution is 2.37. The Hall–Kier alpha value is -3.89. The van der Waals surface area contributed by atoms with Gasteiger partial charge in [-0.1, -0.05) is 6.07 Å². The first kappa shape index (κ1) is 20.4. The summed E-state index contributed by atoms with van der Waals surface area (Å²) in [5, 5.41) is 8.51. The minimum atomic E-state index is -0.733. The van der Waals surface area contributed by atoms with Crippen molar-refractivity contribution in [3.63, 3.8) is 0 Å². The summed E-state index contributed by atoms with van der Waals surface area (Å²) >= 11 is 0. The zero-order valence-electron chi connectivity index (χ0n) is 16.7. The molecule has 0 radical (unpaired) electrons. The van der Waals surface area contributed by atoms with Crippen LogP contribution in [0.4, 0.5) is 37.0 Å². The summed E-state index contributed by atoms with van der Waals surface area (Å²) in [6.07, 6.45) is 1.26. The fourth-order valence-corrected chi connectivity index (χ4v) is 2.72. The van der Waals surface area contributed by atoms with Crippen molar-refractivity contribution in [1.82, 2.24) is 19.9 Å². The summed E-state index contributed by atoms with van der Waals surface area (Å²) in [7, 11) is 1.24. The standard InChI is InChI=1S/C20H19F2N7O2.3H2/c1-20(6-7-20)29-18-27-16(14-4-3-5-15(24-14)25-19(30)31-2)26-17(28-18)23-13-9-11(21)8-12(22)10-13;;;/h3-5,8-10H,6-7H2,1-2H3,(H,24,25,30)(H2,23,26,27,28,29);3*1H. The Kier molecular flexibility index (Phi) is 5.32.